The van der Waals surface area contributed by atoms with Crippen molar-refractivity contribution in [1.29, 1.82) is 0 Å². The minimum atomic E-state index is -0.429. The van der Waals surface area contributed by atoms with Crippen LogP contribution in [-0.4, -0.2) is 10.6 Å². The molecular formula is C21H16ClN3O3. The minimum absolute atomic E-state index is 0.0393. The summed E-state index contributed by atoms with van der Waals surface area (Å²) in [6, 6.07) is 21.4. The van der Waals surface area contributed by atoms with E-state index < -0.39 is 4.92 Å². The number of para-hydroxylation sites is 1. The van der Waals surface area contributed by atoms with Gasteiger partial charge in [0, 0.05) is 29.1 Å². The fraction of sp³-hybridized carbons (Fsp3) is 0.0952. The third kappa shape index (κ3) is 3.82. The van der Waals surface area contributed by atoms with Crippen LogP contribution in [0.3, 0.4) is 0 Å². The number of nitrogens with zero attached hydrogens (tertiary/aromatic N) is 2. The first-order chi connectivity index (χ1) is 13.6. The molecule has 0 radical (unpaired) electrons. The van der Waals surface area contributed by atoms with Gasteiger partial charge in [-0.1, -0.05) is 35.9 Å². The van der Waals surface area contributed by atoms with Crippen LogP contribution in [0.25, 0.3) is 0 Å². The molecule has 1 unspecified atom stereocenters. The fourth-order valence-electron chi connectivity index (χ4n) is 3.05. The molecule has 1 aliphatic heterocycles. The second-order valence-corrected chi connectivity index (χ2v) is 6.77. The van der Waals surface area contributed by atoms with E-state index >= 15 is 0 Å². The highest BCUT2D eigenvalue weighted by molar-refractivity contribution is 6.30. The largest absolute Gasteiger partial charge is 0.485 e. The number of halogens is 1. The van der Waals surface area contributed by atoms with Crippen molar-refractivity contribution >= 4 is 28.7 Å². The Hall–Kier alpha value is -3.38. The van der Waals surface area contributed by atoms with Crippen LogP contribution in [0.1, 0.15) is 23.7 Å². The summed E-state index contributed by atoms with van der Waals surface area (Å²) in [6.45, 7) is 0. The number of nitro groups is 1. The number of fused-ring (bicyclic) bond motifs is 1. The quantitative estimate of drug-likeness (QED) is 0.463. The molecule has 0 saturated heterocycles. The van der Waals surface area contributed by atoms with Crippen LogP contribution in [0.15, 0.2) is 77.9 Å². The minimum Gasteiger partial charge on any atom is -0.485 e. The molecule has 1 N–H and O–H groups in total. The second-order valence-electron chi connectivity index (χ2n) is 6.33. The first kappa shape index (κ1) is 18.0. The topological polar surface area (TPSA) is 76.8 Å². The third-order valence-corrected chi connectivity index (χ3v) is 4.74. The molecule has 0 amide bonds. The van der Waals surface area contributed by atoms with E-state index in [4.69, 9.17) is 16.3 Å². The van der Waals surface area contributed by atoms with Gasteiger partial charge in [-0.25, -0.2) is 0 Å². The lowest BCUT2D eigenvalue weighted by molar-refractivity contribution is -0.384. The lowest BCUT2D eigenvalue weighted by Crippen LogP contribution is -2.21. The van der Waals surface area contributed by atoms with Crippen molar-refractivity contribution in [1.82, 2.24) is 0 Å². The van der Waals surface area contributed by atoms with Crippen LogP contribution in [0.5, 0.6) is 5.75 Å². The van der Waals surface area contributed by atoms with E-state index in [0.29, 0.717) is 17.1 Å². The number of benzene rings is 3. The zero-order chi connectivity index (χ0) is 19.5. The summed E-state index contributed by atoms with van der Waals surface area (Å²) in [7, 11) is 0. The third-order valence-electron chi connectivity index (χ3n) is 4.49. The summed E-state index contributed by atoms with van der Waals surface area (Å²) < 4.78 is 6.16. The van der Waals surface area contributed by atoms with Crippen LogP contribution in [0, 0.1) is 10.1 Å². The molecule has 1 aliphatic rings. The molecule has 3 aromatic rings. The summed E-state index contributed by atoms with van der Waals surface area (Å²) in [5.41, 5.74) is 6.48. The molecule has 1 heterocycles. The zero-order valence-corrected chi connectivity index (χ0v) is 15.5. The number of anilines is 1. The predicted octanol–water partition coefficient (Wildman–Crippen LogP) is 5.59. The summed E-state index contributed by atoms with van der Waals surface area (Å²) >= 11 is 5.99. The van der Waals surface area contributed by atoms with E-state index in [1.54, 1.807) is 12.1 Å². The number of nitro benzene ring substituents is 1. The Morgan fingerprint density at radius 2 is 1.75 bits per heavy atom. The van der Waals surface area contributed by atoms with Gasteiger partial charge in [0.1, 0.15) is 11.9 Å². The van der Waals surface area contributed by atoms with Gasteiger partial charge in [-0.15, -0.1) is 0 Å². The summed E-state index contributed by atoms with van der Waals surface area (Å²) in [5.74, 6) is 0.762. The Morgan fingerprint density at radius 3 is 2.46 bits per heavy atom. The highest BCUT2D eigenvalue weighted by Crippen LogP contribution is 2.35. The Kier molecular flexibility index (Phi) is 4.95. The van der Waals surface area contributed by atoms with Gasteiger partial charge in [0.05, 0.1) is 16.3 Å². The number of hydrogen-bond acceptors (Lipinski definition) is 5. The van der Waals surface area contributed by atoms with Gasteiger partial charge in [-0.2, -0.15) is 5.10 Å². The van der Waals surface area contributed by atoms with Gasteiger partial charge in [0.25, 0.3) is 5.69 Å². The molecular weight excluding hydrogens is 378 g/mol. The number of hydrazone groups is 1. The van der Waals surface area contributed by atoms with Gasteiger partial charge < -0.3 is 4.74 Å². The van der Waals surface area contributed by atoms with Crippen molar-refractivity contribution in [2.45, 2.75) is 12.5 Å². The van der Waals surface area contributed by atoms with Crippen LogP contribution < -0.4 is 10.2 Å². The molecule has 7 heteroatoms. The molecule has 0 bridgehead atoms. The molecule has 4 rings (SSSR count). The molecule has 0 aliphatic carbocycles. The zero-order valence-electron chi connectivity index (χ0n) is 14.7. The number of nitrogens with one attached hydrogen (secondary N) is 1. The van der Waals surface area contributed by atoms with Crippen LogP contribution in [0.2, 0.25) is 5.02 Å². The average Bonchev–Trinajstić information content (AvgIpc) is 2.72. The first-order valence-electron chi connectivity index (χ1n) is 8.69. The van der Waals surface area contributed by atoms with Gasteiger partial charge in [-0.05, 0) is 42.0 Å². The number of rotatable bonds is 4. The normalized spacial score (nSPS) is 16.9. The molecule has 0 aromatic heterocycles. The SMILES string of the molecule is O=[N+]([O-])c1ccc(N/N=C2\CC(c3ccc(Cl)cc3)Oc3ccccc32)cc1. The molecule has 0 saturated carbocycles. The van der Waals surface area contributed by atoms with Gasteiger partial charge in [0.15, 0.2) is 0 Å². The second kappa shape index (κ2) is 7.70. The number of ether oxygens (including phenoxy) is 1. The van der Waals surface area contributed by atoms with Gasteiger partial charge in [-0.3, -0.25) is 15.5 Å². The highest BCUT2D eigenvalue weighted by atomic mass is 35.5. The van der Waals surface area contributed by atoms with Crippen molar-refractivity contribution in [3.05, 3.63) is 99.1 Å². The Labute approximate surface area is 166 Å². The predicted molar refractivity (Wildman–Crippen MR) is 109 cm³/mol. The van der Waals surface area contributed by atoms with Gasteiger partial charge >= 0.3 is 0 Å². The van der Waals surface area contributed by atoms with Crippen molar-refractivity contribution in [2.75, 3.05) is 5.43 Å². The van der Waals surface area contributed by atoms with E-state index in [0.717, 1.165) is 22.6 Å². The van der Waals surface area contributed by atoms with Crippen molar-refractivity contribution < 1.29 is 9.66 Å². The molecule has 0 spiro atoms. The van der Waals surface area contributed by atoms with Crippen LogP contribution >= 0.6 is 11.6 Å². The molecule has 1 atom stereocenters. The lowest BCUT2D eigenvalue weighted by atomic mass is 9.96. The summed E-state index contributed by atoms with van der Waals surface area (Å²) in [6.07, 6.45) is 0.406. The summed E-state index contributed by atoms with van der Waals surface area (Å²) in [4.78, 5) is 10.4. The molecule has 6 nitrogen and oxygen atoms in total. The smallest absolute Gasteiger partial charge is 0.269 e. The van der Waals surface area contributed by atoms with Crippen molar-refractivity contribution in [3.63, 3.8) is 0 Å². The number of non-ortho nitro benzene ring substituents is 1. The Bertz CT molecular complexity index is 1030. The molecule has 3 aromatic carbocycles. The van der Waals surface area contributed by atoms with E-state index in [-0.39, 0.29) is 11.8 Å². The van der Waals surface area contributed by atoms with Crippen LogP contribution in [0.4, 0.5) is 11.4 Å². The van der Waals surface area contributed by atoms with E-state index in [9.17, 15) is 10.1 Å². The Balaban J connectivity index is 1.61. The van der Waals surface area contributed by atoms with E-state index in [1.165, 1.54) is 12.1 Å². The van der Waals surface area contributed by atoms with Gasteiger partial charge in [0.2, 0.25) is 0 Å². The van der Waals surface area contributed by atoms with E-state index in [2.05, 4.69) is 10.5 Å². The van der Waals surface area contributed by atoms with E-state index in [1.807, 2.05) is 48.5 Å². The maximum atomic E-state index is 10.8. The maximum Gasteiger partial charge on any atom is 0.269 e. The molecule has 28 heavy (non-hydrogen) atoms. The Morgan fingerprint density at radius 1 is 1.04 bits per heavy atom. The standard InChI is InChI=1S/C21H16ClN3O3/c22-15-7-5-14(6-8-15)21-13-19(18-3-1-2-4-20(18)28-21)24-23-16-9-11-17(12-10-16)25(26)27/h1-12,21,23H,13H2/b24-19+. The molecule has 0 fully saturated rings. The highest BCUT2D eigenvalue weighted by Gasteiger charge is 2.26. The molecule has 140 valence electrons. The number of hydrogen-bond donors (Lipinski definition) is 1. The first-order valence-corrected chi connectivity index (χ1v) is 9.06. The fourth-order valence-corrected chi connectivity index (χ4v) is 3.17. The van der Waals surface area contributed by atoms with Crippen molar-refractivity contribution in [3.8, 4) is 5.75 Å². The summed E-state index contributed by atoms with van der Waals surface area (Å²) in [5, 5.41) is 16.0. The maximum absolute atomic E-state index is 10.8. The van der Waals surface area contributed by atoms with Crippen LogP contribution in [-0.2, 0) is 0 Å². The average molecular weight is 394 g/mol. The monoisotopic (exact) mass is 393 g/mol. The van der Waals surface area contributed by atoms with Crippen molar-refractivity contribution in [2.24, 2.45) is 5.10 Å². The lowest BCUT2D eigenvalue weighted by Gasteiger charge is -2.27.